The Labute approximate surface area is 188 Å². The maximum Gasteiger partial charge on any atom is 0.108 e. The standard InChI is InChI=1S/C20H27N3OS2.2ClH/c1-3-15-12-16-19(23-10-9-21-14(13-23)8-11-24-2)22-17-6-4-5-7-18(17)26-20(16)25-15;;/h4-7,12,14,19,21-22H,3,8-11,13H2,1-2H3;2*1H/t14-,19?;;/m0../s1. The van der Waals surface area contributed by atoms with Crippen LogP contribution in [-0.2, 0) is 11.2 Å². The largest absolute Gasteiger partial charge is 0.385 e. The molecular weight excluding hydrogens is 433 g/mol. The molecule has 156 valence electrons. The van der Waals surface area contributed by atoms with Gasteiger partial charge in [-0.3, -0.25) is 4.90 Å². The summed E-state index contributed by atoms with van der Waals surface area (Å²) in [7, 11) is 1.78. The van der Waals surface area contributed by atoms with Gasteiger partial charge in [-0.1, -0.05) is 30.8 Å². The van der Waals surface area contributed by atoms with Crippen molar-refractivity contribution in [3.05, 3.63) is 40.8 Å². The fourth-order valence-electron chi connectivity index (χ4n) is 3.71. The van der Waals surface area contributed by atoms with Crippen molar-refractivity contribution in [1.29, 1.82) is 0 Å². The summed E-state index contributed by atoms with van der Waals surface area (Å²) in [5.41, 5.74) is 2.69. The number of nitrogens with zero attached hydrogens (tertiary/aromatic N) is 1. The van der Waals surface area contributed by atoms with Gasteiger partial charge in [-0.15, -0.1) is 36.2 Å². The molecule has 0 radical (unpaired) electrons. The monoisotopic (exact) mass is 461 g/mol. The molecule has 2 aromatic rings. The molecule has 1 fully saturated rings. The molecule has 3 heterocycles. The van der Waals surface area contributed by atoms with E-state index in [0.717, 1.165) is 39.1 Å². The van der Waals surface area contributed by atoms with Crippen LogP contribution in [0.25, 0.3) is 0 Å². The fourth-order valence-corrected chi connectivity index (χ4v) is 6.20. The Morgan fingerprint density at radius 1 is 1.25 bits per heavy atom. The van der Waals surface area contributed by atoms with Crippen molar-refractivity contribution in [2.45, 2.75) is 41.1 Å². The lowest BCUT2D eigenvalue weighted by Crippen LogP contribution is -2.53. The molecule has 2 aliphatic rings. The molecule has 2 aliphatic heterocycles. The highest BCUT2D eigenvalue weighted by molar-refractivity contribution is 8.01. The van der Waals surface area contributed by atoms with Gasteiger partial charge < -0.3 is 15.4 Å². The average Bonchev–Trinajstić information content (AvgIpc) is 3.01. The lowest BCUT2D eigenvalue weighted by atomic mass is 10.1. The van der Waals surface area contributed by atoms with Crippen LogP contribution in [0.15, 0.2) is 39.4 Å². The van der Waals surface area contributed by atoms with Crippen LogP contribution in [0.5, 0.6) is 0 Å². The molecule has 8 heteroatoms. The van der Waals surface area contributed by atoms with Gasteiger partial charge in [0.25, 0.3) is 0 Å². The second kappa shape index (κ2) is 11.1. The first kappa shape index (κ1) is 23.8. The van der Waals surface area contributed by atoms with Crippen molar-refractivity contribution in [3.63, 3.8) is 0 Å². The summed E-state index contributed by atoms with van der Waals surface area (Å²) in [6.45, 7) is 6.20. The smallest absolute Gasteiger partial charge is 0.108 e. The molecule has 0 saturated carbocycles. The van der Waals surface area contributed by atoms with Crippen molar-refractivity contribution < 1.29 is 4.74 Å². The molecule has 2 N–H and O–H groups in total. The summed E-state index contributed by atoms with van der Waals surface area (Å²) >= 11 is 3.87. The van der Waals surface area contributed by atoms with Gasteiger partial charge in [0, 0.05) is 60.4 Å². The van der Waals surface area contributed by atoms with E-state index in [1.54, 1.807) is 7.11 Å². The number of aryl methyl sites for hydroxylation is 1. The molecule has 0 spiro atoms. The Balaban J connectivity index is 0.00000140. The van der Waals surface area contributed by atoms with Crippen LogP contribution >= 0.6 is 47.9 Å². The summed E-state index contributed by atoms with van der Waals surface area (Å²) in [6, 6.07) is 11.6. The molecule has 0 aliphatic carbocycles. The van der Waals surface area contributed by atoms with E-state index in [1.165, 1.54) is 25.2 Å². The van der Waals surface area contributed by atoms with Crippen molar-refractivity contribution in [1.82, 2.24) is 10.2 Å². The number of thiophene rings is 1. The third-order valence-corrected chi connectivity index (χ3v) is 7.71. The lowest BCUT2D eigenvalue weighted by Gasteiger charge is -2.39. The zero-order chi connectivity index (χ0) is 17.9. The highest BCUT2D eigenvalue weighted by atomic mass is 35.5. The van der Waals surface area contributed by atoms with Gasteiger partial charge in [0.1, 0.15) is 6.17 Å². The van der Waals surface area contributed by atoms with Crippen LogP contribution in [0.3, 0.4) is 0 Å². The predicted molar refractivity (Wildman–Crippen MR) is 125 cm³/mol. The average molecular weight is 463 g/mol. The van der Waals surface area contributed by atoms with Gasteiger partial charge in [-0.05, 0) is 31.0 Å². The third kappa shape index (κ3) is 5.17. The predicted octanol–water partition coefficient (Wildman–Crippen LogP) is 5.04. The van der Waals surface area contributed by atoms with Crippen LogP contribution in [0.2, 0.25) is 0 Å². The summed E-state index contributed by atoms with van der Waals surface area (Å²) in [6.07, 6.45) is 2.40. The number of rotatable bonds is 5. The molecule has 1 aromatic carbocycles. The van der Waals surface area contributed by atoms with Gasteiger partial charge in [-0.25, -0.2) is 0 Å². The van der Waals surface area contributed by atoms with E-state index in [1.807, 2.05) is 23.1 Å². The summed E-state index contributed by atoms with van der Waals surface area (Å²) in [5, 5.41) is 7.50. The Morgan fingerprint density at radius 3 is 2.86 bits per heavy atom. The maximum absolute atomic E-state index is 5.29. The number of piperazine rings is 1. The molecule has 4 nitrogen and oxygen atoms in total. The molecule has 2 atom stereocenters. The minimum atomic E-state index is 0. The number of ether oxygens (including phenoxy) is 1. The number of methoxy groups -OCH3 is 1. The zero-order valence-electron chi connectivity index (χ0n) is 16.3. The molecule has 4 rings (SSSR count). The molecule has 0 bridgehead atoms. The minimum Gasteiger partial charge on any atom is -0.385 e. The molecule has 1 unspecified atom stereocenters. The van der Waals surface area contributed by atoms with Gasteiger partial charge >= 0.3 is 0 Å². The SMILES string of the molecule is CCc1cc2c(s1)Sc1ccccc1NC2N1CCN[C@@H](CCOC)C1.Cl.Cl. The highest BCUT2D eigenvalue weighted by Crippen LogP contribution is 2.47. The van der Waals surface area contributed by atoms with E-state index in [0.29, 0.717) is 6.04 Å². The first-order chi connectivity index (χ1) is 12.8. The summed E-state index contributed by atoms with van der Waals surface area (Å²) in [5.74, 6) is 0. The highest BCUT2D eigenvalue weighted by Gasteiger charge is 2.31. The van der Waals surface area contributed by atoms with Crippen LogP contribution in [-0.4, -0.2) is 44.3 Å². The van der Waals surface area contributed by atoms with Crippen LogP contribution in [0.4, 0.5) is 5.69 Å². The Morgan fingerprint density at radius 2 is 2.07 bits per heavy atom. The van der Waals surface area contributed by atoms with Crippen LogP contribution < -0.4 is 10.6 Å². The van der Waals surface area contributed by atoms with Crippen molar-refractivity contribution >= 4 is 53.6 Å². The molecule has 1 aromatic heterocycles. The molecule has 28 heavy (non-hydrogen) atoms. The van der Waals surface area contributed by atoms with Crippen LogP contribution in [0.1, 0.15) is 30.0 Å². The Kier molecular flexibility index (Phi) is 9.41. The first-order valence-electron chi connectivity index (χ1n) is 9.41. The number of fused-ring (bicyclic) bond motifs is 2. The third-order valence-electron chi connectivity index (χ3n) is 5.12. The number of halogens is 2. The number of hydrogen-bond acceptors (Lipinski definition) is 6. The number of nitrogens with one attached hydrogen (secondary N) is 2. The second-order valence-electron chi connectivity index (χ2n) is 6.88. The van der Waals surface area contributed by atoms with E-state index in [2.05, 4.69) is 52.8 Å². The van der Waals surface area contributed by atoms with Gasteiger partial charge in [0.2, 0.25) is 0 Å². The number of para-hydroxylation sites is 1. The quantitative estimate of drug-likeness (QED) is 0.651. The molecular formula is C20H29Cl2N3OS2. The first-order valence-corrected chi connectivity index (χ1v) is 11.0. The molecule has 1 saturated heterocycles. The zero-order valence-corrected chi connectivity index (χ0v) is 19.5. The topological polar surface area (TPSA) is 36.5 Å². The van der Waals surface area contributed by atoms with E-state index < -0.39 is 0 Å². The second-order valence-corrected chi connectivity index (χ2v) is 9.33. The van der Waals surface area contributed by atoms with E-state index in [9.17, 15) is 0 Å². The van der Waals surface area contributed by atoms with Gasteiger partial charge in [0.05, 0.1) is 4.21 Å². The Hall–Kier alpha value is -0.470. The number of hydrogen-bond donors (Lipinski definition) is 2. The normalized spacial score (nSPS) is 21.4. The fraction of sp³-hybridized carbons (Fsp3) is 0.500. The Bertz CT molecular complexity index is 759. The number of benzene rings is 1. The maximum atomic E-state index is 5.29. The minimum absolute atomic E-state index is 0. The van der Waals surface area contributed by atoms with Crippen molar-refractivity contribution in [2.24, 2.45) is 0 Å². The molecule has 0 amide bonds. The van der Waals surface area contributed by atoms with E-state index >= 15 is 0 Å². The van der Waals surface area contributed by atoms with Crippen molar-refractivity contribution in [3.8, 4) is 0 Å². The van der Waals surface area contributed by atoms with E-state index in [-0.39, 0.29) is 31.0 Å². The number of anilines is 1. The van der Waals surface area contributed by atoms with Crippen molar-refractivity contribution in [2.75, 3.05) is 38.7 Å². The lowest BCUT2D eigenvalue weighted by molar-refractivity contribution is 0.126. The van der Waals surface area contributed by atoms with E-state index in [4.69, 9.17) is 4.74 Å². The summed E-state index contributed by atoms with van der Waals surface area (Å²) in [4.78, 5) is 5.40. The van der Waals surface area contributed by atoms with Gasteiger partial charge in [-0.2, -0.15) is 0 Å². The van der Waals surface area contributed by atoms with Gasteiger partial charge in [0.15, 0.2) is 0 Å². The van der Waals surface area contributed by atoms with Crippen LogP contribution in [0, 0.1) is 0 Å². The summed E-state index contributed by atoms with van der Waals surface area (Å²) < 4.78 is 6.73.